The number of carbonyl (C=O) groups is 1. The van der Waals surface area contributed by atoms with Gasteiger partial charge in [0.05, 0.1) is 18.0 Å². The highest BCUT2D eigenvalue weighted by atomic mass is 19.1. The lowest BCUT2D eigenvalue weighted by atomic mass is 10.2. The van der Waals surface area contributed by atoms with Gasteiger partial charge in [0.25, 0.3) is 0 Å². The van der Waals surface area contributed by atoms with Gasteiger partial charge in [0.2, 0.25) is 0 Å². The number of carbonyl (C=O) groups excluding carboxylic acids is 1. The van der Waals surface area contributed by atoms with Gasteiger partial charge in [0.15, 0.2) is 0 Å². The number of nitrogens with zero attached hydrogens (tertiary/aromatic N) is 3. The molecule has 0 fully saturated rings. The number of hydrogen-bond donors (Lipinski definition) is 2. The zero-order chi connectivity index (χ0) is 15.9. The molecule has 0 bridgehead atoms. The standard InChI is InChI=1S/C15H19FN4O2/c1-2-7-19(9-10-21)15(22)18-13-11-12(16)4-5-14(13)20-8-3-6-17-20/h3-6,8,11,21H,2,7,9-10H2,1H3,(H,18,22). The molecule has 1 heterocycles. The lowest BCUT2D eigenvalue weighted by Gasteiger charge is -2.22. The third kappa shape index (κ3) is 3.82. The predicted molar refractivity (Wildman–Crippen MR) is 81.5 cm³/mol. The van der Waals surface area contributed by atoms with E-state index in [4.69, 9.17) is 5.11 Å². The van der Waals surface area contributed by atoms with Gasteiger partial charge in [-0.15, -0.1) is 0 Å². The molecule has 0 unspecified atom stereocenters. The number of nitrogens with one attached hydrogen (secondary N) is 1. The Kier molecular flexibility index (Phi) is 5.48. The lowest BCUT2D eigenvalue weighted by Crippen LogP contribution is -2.37. The van der Waals surface area contributed by atoms with E-state index in [1.165, 1.54) is 17.0 Å². The molecule has 6 nitrogen and oxygen atoms in total. The van der Waals surface area contributed by atoms with Crippen LogP contribution in [-0.2, 0) is 0 Å². The number of amides is 2. The Labute approximate surface area is 128 Å². The van der Waals surface area contributed by atoms with Gasteiger partial charge >= 0.3 is 6.03 Å². The molecule has 2 aromatic rings. The van der Waals surface area contributed by atoms with Crippen molar-refractivity contribution in [2.45, 2.75) is 13.3 Å². The summed E-state index contributed by atoms with van der Waals surface area (Å²) in [6, 6.07) is 5.47. The van der Waals surface area contributed by atoms with Crippen LogP contribution in [0.1, 0.15) is 13.3 Å². The first kappa shape index (κ1) is 16.0. The molecule has 0 aliphatic heterocycles. The van der Waals surface area contributed by atoms with Gasteiger partial charge in [-0.3, -0.25) is 0 Å². The van der Waals surface area contributed by atoms with Crippen molar-refractivity contribution in [2.75, 3.05) is 25.0 Å². The number of aromatic nitrogens is 2. The quantitative estimate of drug-likeness (QED) is 0.860. The summed E-state index contributed by atoms with van der Waals surface area (Å²) in [7, 11) is 0. The van der Waals surface area contributed by atoms with E-state index in [9.17, 15) is 9.18 Å². The normalized spacial score (nSPS) is 10.5. The number of aliphatic hydroxyl groups is 1. The molecule has 22 heavy (non-hydrogen) atoms. The zero-order valence-electron chi connectivity index (χ0n) is 12.4. The molecule has 0 saturated carbocycles. The molecule has 2 rings (SSSR count). The fraction of sp³-hybridized carbons (Fsp3) is 0.333. The van der Waals surface area contributed by atoms with Crippen LogP contribution in [0.4, 0.5) is 14.9 Å². The molecule has 0 aliphatic carbocycles. The van der Waals surface area contributed by atoms with Crippen molar-refractivity contribution in [3.05, 3.63) is 42.5 Å². The number of benzene rings is 1. The third-order valence-corrected chi connectivity index (χ3v) is 3.10. The summed E-state index contributed by atoms with van der Waals surface area (Å²) >= 11 is 0. The topological polar surface area (TPSA) is 70.4 Å². The van der Waals surface area contributed by atoms with Gasteiger partial charge in [-0.05, 0) is 30.7 Å². The second-order valence-electron chi connectivity index (χ2n) is 4.75. The van der Waals surface area contributed by atoms with Crippen LogP contribution in [0.15, 0.2) is 36.7 Å². The van der Waals surface area contributed by atoms with Crippen LogP contribution in [-0.4, -0.2) is 45.5 Å². The van der Waals surface area contributed by atoms with Crippen molar-refractivity contribution in [3.8, 4) is 5.69 Å². The molecule has 0 aliphatic rings. The second kappa shape index (κ2) is 7.56. The van der Waals surface area contributed by atoms with Crippen molar-refractivity contribution in [3.63, 3.8) is 0 Å². The van der Waals surface area contributed by atoms with Gasteiger partial charge in [-0.2, -0.15) is 5.10 Å². The smallest absolute Gasteiger partial charge is 0.321 e. The van der Waals surface area contributed by atoms with Crippen LogP contribution < -0.4 is 5.32 Å². The van der Waals surface area contributed by atoms with E-state index in [2.05, 4.69) is 10.4 Å². The van der Waals surface area contributed by atoms with Crippen molar-refractivity contribution in [1.82, 2.24) is 14.7 Å². The lowest BCUT2D eigenvalue weighted by molar-refractivity contribution is 0.188. The second-order valence-corrected chi connectivity index (χ2v) is 4.75. The van der Waals surface area contributed by atoms with E-state index in [0.717, 1.165) is 6.42 Å². The SMILES string of the molecule is CCCN(CCO)C(=O)Nc1cc(F)ccc1-n1cccn1. The highest BCUT2D eigenvalue weighted by Crippen LogP contribution is 2.21. The third-order valence-electron chi connectivity index (χ3n) is 3.10. The maximum Gasteiger partial charge on any atom is 0.321 e. The van der Waals surface area contributed by atoms with Gasteiger partial charge in [0, 0.05) is 25.5 Å². The summed E-state index contributed by atoms with van der Waals surface area (Å²) in [5.41, 5.74) is 0.896. The highest BCUT2D eigenvalue weighted by molar-refractivity contribution is 5.91. The Balaban J connectivity index is 2.24. The summed E-state index contributed by atoms with van der Waals surface area (Å²) < 4.78 is 15.0. The number of halogens is 1. The van der Waals surface area contributed by atoms with Gasteiger partial charge in [-0.25, -0.2) is 13.9 Å². The number of aliphatic hydroxyl groups excluding tert-OH is 1. The predicted octanol–water partition coefficient (Wildman–Crippen LogP) is 2.25. The Morgan fingerprint density at radius 1 is 1.45 bits per heavy atom. The maximum atomic E-state index is 13.5. The summed E-state index contributed by atoms with van der Waals surface area (Å²) in [6.07, 6.45) is 4.08. The molecule has 1 aromatic carbocycles. The van der Waals surface area contributed by atoms with Crippen LogP contribution >= 0.6 is 0 Å². The number of urea groups is 1. The van der Waals surface area contributed by atoms with Crippen molar-refractivity contribution >= 4 is 11.7 Å². The first-order valence-electron chi connectivity index (χ1n) is 7.12. The van der Waals surface area contributed by atoms with E-state index in [1.807, 2.05) is 6.92 Å². The molecule has 7 heteroatoms. The monoisotopic (exact) mass is 306 g/mol. The molecule has 0 saturated heterocycles. The number of hydrogen-bond acceptors (Lipinski definition) is 3. The van der Waals surface area contributed by atoms with Crippen LogP contribution in [0.25, 0.3) is 5.69 Å². The summed E-state index contributed by atoms with van der Waals surface area (Å²) in [4.78, 5) is 13.8. The van der Waals surface area contributed by atoms with E-state index >= 15 is 0 Å². The molecule has 118 valence electrons. The molecule has 2 N–H and O–H groups in total. The molecule has 1 aromatic heterocycles. The summed E-state index contributed by atoms with van der Waals surface area (Å²) in [5.74, 6) is -0.449. The Hall–Kier alpha value is -2.41. The van der Waals surface area contributed by atoms with Gasteiger partial charge < -0.3 is 15.3 Å². The van der Waals surface area contributed by atoms with Gasteiger partial charge in [0.1, 0.15) is 5.82 Å². The van der Waals surface area contributed by atoms with Crippen LogP contribution in [0.3, 0.4) is 0 Å². The molecular formula is C15H19FN4O2. The minimum atomic E-state index is -0.449. The average Bonchev–Trinajstić information content (AvgIpc) is 3.01. The van der Waals surface area contributed by atoms with E-state index in [-0.39, 0.29) is 19.2 Å². The Morgan fingerprint density at radius 2 is 2.27 bits per heavy atom. The average molecular weight is 306 g/mol. The first-order chi connectivity index (χ1) is 10.7. The van der Waals surface area contributed by atoms with Gasteiger partial charge in [-0.1, -0.05) is 6.92 Å². The van der Waals surface area contributed by atoms with Crippen LogP contribution in [0.5, 0.6) is 0 Å². The largest absolute Gasteiger partial charge is 0.395 e. The van der Waals surface area contributed by atoms with E-state index < -0.39 is 5.82 Å². The highest BCUT2D eigenvalue weighted by Gasteiger charge is 2.15. The molecule has 0 spiro atoms. The fourth-order valence-electron chi connectivity index (χ4n) is 2.12. The molecule has 2 amide bonds. The van der Waals surface area contributed by atoms with E-state index in [1.54, 1.807) is 29.2 Å². The first-order valence-corrected chi connectivity index (χ1v) is 7.12. The van der Waals surface area contributed by atoms with Crippen LogP contribution in [0.2, 0.25) is 0 Å². The minimum Gasteiger partial charge on any atom is -0.395 e. The van der Waals surface area contributed by atoms with Crippen molar-refractivity contribution in [1.29, 1.82) is 0 Å². The van der Waals surface area contributed by atoms with E-state index in [0.29, 0.717) is 17.9 Å². The molecular weight excluding hydrogens is 287 g/mol. The van der Waals surface area contributed by atoms with Crippen molar-refractivity contribution < 1.29 is 14.3 Å². The maximum absolute atomic E-state index is 13.5. The minimum absolute atomic E-state index is 0.122. The molecule has 0 atom stereocenters. The van der Waals surface area contributed by atoms with Crippen LogP contribution in [0, 0.1) is 5.82 Å². The summed E-state index contributed by atoms with van der Waals surface area (Å²) in [6.45, 7) is 2.56. The Morgan fingerprint density at radius 3 is 2.91 bits per heavy atom. The molecule has 0 radical (unpaired) electrons. The van der Waals surface area contributed by atoms with Crippen molar-refractivity contribution in [2.24, 2.45) is 0 Å². The number of rotatable bonds is 6. The zero-order valence-corrected chi connectivity index (χ0v) is 12.4. The number of anilines is 1. The summed E-state index contributed by atoms with van der Waals surface area (Å²) in [5, 5.41) is 15.8. The Bertz CT molecular complexity index is 610. The fourth-order valence-corrected chi connectivity index (χ4v) is 2.12.